The molecule has 1 aromatic carbocycles. The summed E-state index contributed by atoms with van der Waals surface area (Å²) in [6.07, 6.45) is 6.43. The first kappa shape index (κ1) is 11.3. The monoisotopic (exact) mass is 220 g/mol. The molecule has 1 aromatic rings. The van der Waals surface area contributed by atoms with Crippen molar-refractivity contribution in [2.75, 3.05) is 0 Å². The van der Waals surface area contributed by atoms with E-state index in [2.05, 4.69) is 0 Å². The lowest BCUT2D eigenvalue weighted by Crippen LogP contribution is -2.07. The van der Waals surface area contributed by atoms with Crippen LogP contribution in [0, 0.1) is 5.82 Å². The zero-order valence-corrected chi connectivity index (χ0v) is 9.32. The summed E-state index contributed by atoms with van der Waals surface area (Å²) in [4.78, 5) is 0. The van der Waals surface area contributed by atoms with E-state index in [1.54, 1.807) is 12.1 Å². The lowest BCUT2D eigenvalue weighted by molar-refractivity contribution is 0.200. The Balaban J connectivity index is 2.24. The van der Waals surface area contributed by atoms with Gasteiger partial charge < -0.3 is 5.11 Å². The molecule has 1 nitrogen and oxygen atoms in total. The molecular formula is C14H17FO. The highest BCUT2D eigenvalue weighted by Crippen LogP contribution is 2.25. The van der Waals surface area contributed by atoms with Gasteiger partial charge in [-0.15, -0.1) is 0 Å². The molecule has 1 atom stereocenters. The van der Waals surface area contributed by atoms with E-state index in [4.69, 9.17) is 0 Å². The molecule has 0 bridgehead atoms. The van der Waals surface area contributed by atoms with E-state index >= 15 is 0 Å². The van der Waals surface area contributed by atoms with Crippen LogP contribution in [0.4, 0.5) is 4.39 Å². The van der Waals surface area contributed by atoms with Crippen molar-refractivity contribution in [1.29, 1.82) is 0 Å². The number of aliphatic hydroxyl groups excluding tert-OH is 1. The van der Waals surface area contributed by atoms with Crippen LogP contribution in [0.3, 0.4) is 0 Å². The van der Waals surface area contributed by atoms with E-state index in [0.29, 0.717) is 5.56 Å². The van der Waals surface area contributed by atoms with Crippen LogP contribution in [0.1, 0.15) is 37.7 Å². The summed E-state index contributed by atoms with van der Waals surface area (Å²) >= 11 is 0. The number of benzene rings is 1. The van der Waals surface area contributed by atoms with E-state index < -0.39 is 0 Å². The van der Waals surface area contributed by atoms with Crippen LogP contribution in [0.5, 0.6) is 0 Å². The lowest BCUT2D eigenvalue weighted by Gasteiger charge is -2.11. The van der Waals surface area contributed by atoms with E-state index in [-0.39, 0.29) is 11.9 Å². The van der Waals surface area contributed by atoms with Crippen molar-refractivity contribution in [3.05, 3.63) is 41.2 Å². The minimum Gasteiger partial charge on any atom is -0.389 e. The average molecular weight is 220 g/mol. The van der Waals surface area contributed by atoms with Crippen molar-refractivity contribution in [3.8, 4) is 0 Å². The quantitative estimate of drug-likeness (QED) is 0.718. The van der Waals surface area contributed by atoms with Crippen LogP contribution in [-0.2, 0) is 0 Å². The highest BCUT2D eigenvalue weighted by Gasteiger charge is 2.14. The Hall–Kier alpha value is -1.15. The minimum absolute atomic E-state index is 0.216. The van der Waals surface area contributed by atoms with Gasteiger partial charge in [-0.2, -0.15) is 0 Å². The van der Waals surface area contributed by atoms with E-state index in [0.717, 1.165) is 37.7 Å². The van der Waals surface area contributed by atoms with Gasteiger partial charge in [-0.05, 0) is 30.9 Å². The Morgan fingerprint density at radius 1 is 1.19 bits per heavy atom. The SMILES string of the molecule is OC1CCCCC/C1=C\c1ccccc1F. The number of hydrogen-bond donors (Lipinski definition) is 1. The summed E-state index contributed by atoms with van der Waals surface area (Å²) in [5.41, 5.74) is 1.56. The van der Waals surface area contributed by atoms with Gasteiger partial charge in [0.25, 0.3) is 0 Å². The second kappa shape index (κ2) is 5.26. The van der Waals surface area contributed by atoms with Crippen molar-refractivity contribution >= 4 is 6.08 Å². The maximum Gasteiger partial charge on any atom is 0.130 e. The molecule has 2 heteroatoms. The summed E-state index contributed by atoms with van der Waals surface area (Å²) in [5, 5.41) is 9.91. The highest BCUT2D eigenvalue weighted by molar-refractivity contribution is 5.54. The van der Waals surface area contributed by atoms with Crippen LogP contribution in [-0.4, -0.2) is 11.2 Å². The molecule has 86 valence electrons. The molecule has 1 fully saturated rings. The predicted octanol–water partition coefficient (Wildman–Crippen LogP) is 3.53. The van der Waals surface area contributed by atoms with Crippen molar-refractivity contribution in [2.45, 2.75) is 38.2 Å². The van der Waals surface area contributed by atoms with Crippen LogP contribution in [0.25, 0.3) is 6.08 Å². The van der Waals surface area contributed by atoms with Gasteiger partial charge in [-0.3, -0.25) is 0 Å². The molecule has 0 saturated heterocycles. The molecule has 0 aromatic heterocycles. The number of hydrogen-bond acceptors (Lipinski definition) is 1. The minimum atomic E-state index is -0.387. The van der Waals surface area contributed by atoms with Crippen LogP contribution in [0.15, 0.2) is 29.8 Å². The summed E-state index contributed by atoms with van der Waals surface area (Å²) in [6, 6.07) is 6.70. The first-order valence-corrected chi connectivity index (χ1v) is 5.90. The molecule has 1 aliphatic carbocycles. The fraction of sp³-hybridized carbons (Fsp3) is 0.429. The van der Waals surface area contributed by atoms with E-state index in [1.165, 1.54) is 6.07 Å². The van der Waals surface area contributed by atoms with Gasteiger partial charge in [0.1, 0.15) is 5.82 Å². The van der Waals surface area contributed by atoms with Crippen LogP contribution < -0.4 is 0 Å². The first-order chi connectivity index (χ1) is 7.77. The van der Waals surface area contributed by atoms with Crippen molar-refractivity contribution < 1.29 is 9.50 Å². The molecule has 1 unspecified atom stereocenters. The highest BCUT2D eigenvalue weighted by atomic mass is 19.1. The second-order valence-corrected chi connectivity index (χ2v) is 4.36. The maximum atomic E-state index is 13.4. The Bertz CT molecular complexity index is 384. The van der Waals surface area contributed by atoms with Crippen LogP contribution in [0.2, 0.25) is 0 Å². The predicted molar refractivity (Wildman–Crippen MR) is 63.5 cm³/mol. The third kappa shape index (κ3) is 2.70. The third-order valence-electron chi connectivity index (χ3n) is 3.12. The van der Waals surface area contributed by atoms with Gasteiger partial charge in [0.2, 0.25) is 0 Å². The van der Waals surface area contributed by atoms with Gasteiger partial charge in [0.05, 0.1) is 6.10 Å². The largest absolute Gasteiger partial charge is 0.389 e. The smallest absolute Gasteiger partial charge is 0.130 e. The number of aliphatic hydroxyl groups is 1. The molecule has 16 heavy (non-hydrogen) atoms. The average Bonchev–Trinajstić information content (AvgIpc) is 2.48. The van der Waals surface area contributed by atoms with E-state index in [9.17, 15) is 9.50 Å². The lowest BCUT2D eigenvalue weighted by atomic mass is 10.0. The Morgan fingerprint density at radius 2 is 2.00 bits per heavy atom. The summed E-state index contributed by atoms with van der Waals surface area (Å²) in [6.45, 7) is 0. The van der Waals surface area contributed by atoms with Crippen molar-refractivity contribution in [1.82, 2.24) is 0 Å². The zero-order chi connectivity index (χ0) is 11.4. The van der Waals surface area contributed by atoms with Gasteiger partial charge in [0.15, 0.2) is 0 Å². The summed E-state index contributed by atoms with van der Waals surface area (Å²) < 4.78 is 13.4. The molecule has 0 radical (unpaired) electrons. The van der Waals surface area contributed by atoms with Crippen LogP contribution >= 0.6 is 0 Å². The first-order valence-electron chi connectivity index (χ1n) is 5.90. The van der Waals surface area contributed by atoms with Gasteiger partial charge in [-0.25, -0.2) is 4.39 Å². The fourth-order valence-electron chi connectivity index (χ4n) is 2.16. The van der Waals surface area contributed by atoms with Gasteiger partial charge in [0, 0.05) is 5.56 Å². The van der Waals surface area contributed by atoms with Crippen molar-refractivity contribution in [2.24, 2.45) is 0 Å². The molecule has 0 heterocycles. The Labute approximate surface area is 95.6 Å². The maximum absolute atomic E-state index is 13.4. The molecule has 0 spiro atoms. The van der Waals surface area contributed by atoms with E-state index in [1.807, 2.05) is 12.1 Å². The summed E-state index contributed by atoms with van der Waals surface area (Å²) in [7, 11) is 0. The molecule has 0 amide bonds. The normalized spacial score (nSPS) is 24.4. The molecule has 2 rings (SSSR count). The molecule has 1 saturated carbocycles. The molecule has 1 N–H and O–H groups in total. The molecular weight excluding hydrogens is 203 g/mol. The van der Waals surface area contributed by atoms with Gasteiger partial charge in [-0.1, -0.05) is 37.1 Å². The molecule has 0 aliphatic heterocycles. The van der Waals surface area contributed by atoms with Crippen molar-refractivity contribution in [3.63, 3.8) is 0 Å². The fourth-order valence-corrected chi connectivity index (χ4v) is 2.16. The summed E-state index contributed by atoms with van der Waals surface area (Å²) in [5.74, 6) is -0.216. The number of halogens is 1. The topological polar surface area (TPSA) is 20.2 Å². The van der Waals surface area contributed by atoms with Gasteiger partial charge >= 0.3 is 0 Å². The zero-order valence-electron chi connectivity index (χ0n) is 9.32. The Kier molecular flexibility index (Phi) is 3.73. The number of rotatable bonds is 1. The third-order valence-corrected chi connectivity index (χ3v) is 3.12. The Morgan fingerprint density at radius 3 is 2.81 bits per heavy atom. The molecule has 1 aliphatic rings. The second-order valence-electron chi connectivity index (χ2n) is 4.36. The standard InChI is InChI=1S/C14H17FO/c15-13-8-5-4-6-11(13)10-12-7-2-1-3-9-14(12)16/h4-6,8,10,14,16H,1-3,7,9H2/b12-10+.